The van der Waals surface area contributed by atoms with E-state index in [9.17, 15) is 23.1 Å². The molecule has 0 saturated heterocycles. The Balaban J connectivity index is 2.97. The van der Waals surface area contributed by atoms with Crippen molar-refractivity contribution in [1.29, 1.82) is 0 Å². The number of carbonyl (C=O) groups is 1. The van der Waals surface area contributed by atoms with Crippen LogP contribution < -0.4 is 10.5 Å². The maximum atomic E-state index is 12.0. The number of ether oxygens (including phenoxy) is 1. The highest BCUT2D eigenvalue weighted by molar-refractivity contribution is 5.75. The van der Waals surface area contributed by atoms with E-state index in [1.165, 1.54) is 19.1 Å². The number of carbonyl (C=O) groups excluding carboxylic acids is 1. The lowest BCUT2D eigenvalue weighted by atomic mass is 9.92. The topological polar surface area (TPSA) is 72.5 Å². The van der Waals surface area contributed by atoms with Gasteiger partial charge in [-0.1, -0.05) is 12.1 Å². The zero-order chi connectivity index (χ0) is 14.0. The minimum Gasteiger partial charge on any atom is -0.406 e. The molecule has 0 radical (unpaired) electrons. The Hall–Kier alpha value is -1.76. The highest BCUT2D eigenvalue weighted by Crippen LogP contribution is 2.29. The van der Waals surface area contributed by atoms with Crippen LogP contribution in [0.25, 0.3) is 0 Å². The first kappa shape index (κ1) is 14.3. The van der Waals surface area contributed by atoms with Crippen molar-refractivity contribution in [3.8, 4) is 5.75 Å². The van der Waals surface area contributed by atoms with Crippen LogP contribution in [-0.4, -0.2) is 17.4 Å². The molecular weight excluding hydrogens is 251 g/mol. The SMILES string of the molecule is CC(O)(CC(N)=O)c1cccc(OC(F)(F)F)c1. The van der Waals surface area contributed by atoms with Crippen molar-refractivity contribution in [2.75, 3.05) is 0 Å². The molecule has 1 aromatic carbocycles. The van der Waals surface area contributed by atoms with Crippen LogP contribution in [0.2, 0.25) is 0 Å². The van der Waals surface area contributed by atoms with Gasteiger partial charge in [0, 0.05) is 0 Å². The first-order valence-electron chi connectivity index (χ1n) is 4.97. The minimum absolute atomic E-state index is 0.114. The number of halogens is 3. The molecule has 1 rings (SSSR count). The van der Waals surface area contributed by atoms with Crippen LogP contribution in [0.15, 0.2) is 24.3 Å². The van der Waals surface area contributed by atoms with E-state index in [2.05, 4.69) is 4.74 Å². The number of hydrogen-bond acceptors (Lipinski definition) is 3. The summed E-state index contributed by atoms with van der Waals surface area (Å²) < 4.78 is 39.8. The third kappa shape index (κ3) is 4.25. The monoisotopic (exact) mass is 263 g/mol. The fraction of sp³-hybridized carbons (Fsp3) is 0.364. The third-order valence-electron chi connectivity index (χ3n) is 2.21. The number of rotatable bonds is 4. The molecule has 0 aromatic heterocycles. The Morgan fingerprint density at radius 3 is 2.56 bits per heavy atom. The van der Waals surface area contributed by atoms with Gasteiger partial charge in [0.15, 0.2) is 0 Å². The van der Waals surface area contributed by atoms with Gasteiger partial charge >= 0.3 is 6.36 Å². The molecule has 4 nitrogen and oxygen atoms in total. The fourth-order valence-electron chi connectivity index (χ4n) is 1.47. The highest BCUT2D eigenvalue weighted by atomic mass is 19.4. The Labute approximate surface area is 101 Å². The Bertz CT molecular complexity index is 443. The van der Waals surface area contributed by atoms with Gasteiger partial charge in [-0.15, -0.1) is 13.2 Å². The molecule has 0 aliphatic carbocycles. The maximum absolute atomic E-state index is 12.0. The Kier molecular flexibility index (Phi) is 3.85. The summed E-state index contributed by atoms with van der Waals surface area (Å²) in [5, 5.41) is 9.94. The molecule has 1 unspecified atom stereocenters. The van der Waals surface area contributed by atoms with Gasteiger partial charge in [-0.05, 0) is 24.6 Å². The molecule has 0 bridgehead atoms. The predicted octanol–water partition coefficient (Wildman–Crippen LogP) is 1.67. The molecule has 0 aliphatic rings. The fourth-order valence-corrected chi connectivity index (χ4v) is 1.47. The average molecular weight is 263 g/mol. The van der Waals surface area contributed by atoms with Crippen LogP contribution >= 0.6 is 0 Å². The summed E-state index contributed by atoms with van der Waals surface area (Å²) >= 11 is 0. The zero-order valence-corrected chi connectivity index (χ0v) is 9.49. The van der Waals surface area contributed by atoms with Crippen LogP contribution in [0.1, 0.15) is 18.9 Å². The van der Waals surface area contributed by atoms with Crippen molar-refractivity contribution in [2.24, 2.45) is 5.73 Å². The van der Waals surface area contributed by atoms with Crippen molar-refractivity contribution in [1.82, 2.24) is 0 Å². The predicted molar refractivity (Wildman–Crippen MR) is 56.5 cm³/mol. The molecule has 1 amide bonds. The average Bonchev–Trinajstić information content (AvgIpc) is 2.13. The van der Waals surface area contributed by atoms with Crippen LogP contribution in [-0.2, 0) is 10.4 Å². The summed E-state index contributed by atoms with van der Waals surface area (Å²) in [6, 6.07) is 4.77. The molecule has 3 N–H and O–H groups in total. The van der Waals surface area contributed by atoms with Crippen molar-refractivity contribution >= 4 is 5.91 Å². The highest BCUT2D eigenvalue weighted by Gasteiger charge is 2.32. The van der Waals surface area contributed by atoms with Crippen LogP contribution in [0.5, 0.6) is 5.75 Å². The molecule has 0 heterocycles. The van der Waals surface area contributed by atoms with Crippen molar-refractivity contribution < 1.29 is 27.8 Å². The first-order valence-corrected chi connectivity index (χ1v) is 4.97. The van der Waals surface area contributed by atoms with Gasteiger partial charge in [-0.2, -0.15) is 0 Å². The third-order valence-corrected chi connectivity index (χ3v) is 2.21. The Morgan fingerprint density at radius 1 is 1.44 bits per heavy atom. The second kappa shape index (κ2) is 4.85. The number of amides is 1. The lowest BCUT2D eigenvalue weighted by Crippen LogP contribution is -2.29. The molecule has 0 aliphatic heterocycles. The molecule has 1 atom stereocenters. The van der Waals surface area contributed by atoms with Crippen LogP contribution in [0.3, 0.4) is 0 Å². The number of nitrogens with two attached hydrogens (primary N) is 1. The molecule has 0 fully saturated rings. The van der Waals surface area contributed by atoms with Crippen molar-refractivity contribution in [2.45, 2.75) is 25.3 Å². The van der Waals surface area contributed by atoms with E-state index >= 15 is 0 Å². The van der Waals surface area contributed by atoms with Gasteiger partial charge in [-0.25, -0.2) is 0 Å². The standard InChI is InChI=1S/C11H12F3NO3/c1-10(17,6-9(15)16)7-3-2-4-8(5-7)18-11(12,13)14/h2-5,17H,6H2,1H3,(H2,15,16). The normalized spacial score (nSPS) is 14.9. The van der Waals surface area contributed by atoms with E-state index < -0.39 is 30.0 Å². The Morgan fingerprint density at radius 2 is 2.06 bits per heavy atom. The summed E-state index contributed by atoms with van der Waals surface area (Å²) in [6.45, 7) is 1.28. The summed E-state index contributed by atoms with van der Waals surface area (Å²) in [6.07, 6.45) is -5.21. The second-order valence-electron chi connectivity index (χ2n) is 3.99. The molecule has 18 heavy (non-hydrogen) atoms. The van der Waals surface area contributed by atoms with Crippen LogP contribution in [0.4, 0.5) is 13.2 Å². The van der Waals surface area contributed by atoms with Gasteiger partial charge in [0.25, 0.3) is 0 Å². The van der Waals surface area contributed by atoms with E-state index in [0.717, 1.165) is 12.1 Å². The van der Waals surface area contributed by atoms with Crippen molar-refractivity contribution in [3.63, 3.8) is 0 Å². The number of benzene rings is 1. The van der Waals surface area contributed by atoms with Gasteiger partial charge < -0.3 is 15.6 Å². The lowest BCUT2D eigenvalue weighted by Gasteiger charge is -2.22. The molecule has 100 valence electrons. The summed E-state index contributed by atoms with van der Waals surface area (Å²) in [4.78, 5) is 10.8. The van der Waals surface area contributed by atoms with Crippen LogP contribution in [0, 0.1) is 0 Å². The van der Waals surface area contributed by atoms with E-state index in [4.69, 9.17) is 5.73 Å². The van der Waals surface area contributed by atoms with Crippen molar-refractivity contribution in [3.05, 3.63) is 29.8 Å². The maximum Gasteiger partial charge on any atom is 0.573 e. The smallest absolute Gasteiger partial charge is 0.406 e. The van der Waals surface area contributed by atoms with Gasteiger partial charge in [0.1, 0.15) is 5.75 Å². The molecule has 0 spiro atoms. The van der Waals surface area contributed by atoms with Gasteiger partial charge in [0.05, 0.1) is 12.0 Å². The summed E-state index contributed by atoms with van der Waals surface area (Å²) in [5.41, 5.74) is 3.42. The summed E-state index contributed by atoms with van der Waals surface area (Å²) in [5.74, 6) is -1.23. The van der Waals surface area contributed by atoms with E-state index in [-0.39, 0.29) is 5.56 Å². The quantitative estimate of drug-likeness (QED) is 0.867. The lowest BCUT2D eigenvalue weighted by molar-refractivity contribution is -0.274. The number of primary amides is 1. The molecular formula is C11H12F3NO3. The van der Waals surface area contributed by atoms with Gasteiger partial charge in [0.2, 0.25) is 5.91 Å². The van der Waals surface area contributed by atoms with E-state index in [0.29, 0.717) is 0 Å². The number of hydrogen-bond donors (Lipinski definition) is 2. The zero-order valence-electron chi connectivity index (χ0n) is 9.49. The van der Waals surface area contributed by atoms with E-state index in [1.807, 2.05) is 0 Å². The molecule has 0 saturated carbocycles. The minimum atomic E-state index is -4.81. The number of aliphatic hydroxyl groups is 1. The number of alkyl halides is 3. The van der Waals surface area contributed by atoms with Gasteiger partial charge in [-0.3, -0.25) is 4.79 Å². The largest absolute Gasteiger partial charge is 0.573 e. The second-order valence-corrected chi connectivity index (χ2v) is 3.99. The molecule has 1 aromatic rings. The van der Waals surface area contributed by atoms with E-state index in [1.54, 1.807) is 0 Å². The molecule has 7 heteroatoms. The first-order chi connectivity index (χ1) is 8.10. The summed E-state index contributed by atoms with van der Waals surface area (Å²) in [7, 11) is 0.